The van der Waals surface area contributed by atoms with Crippen molar-refractivity contribution in [1.82, 2.24) is 9.97 Å². The molecule has 1 heterocycles. The molecule has 3 N–H and O–H groups in total. The third-order valence-electron chi connectivity index (χ3n) is 4.87. The Morgan fingerprint density at radius 1 is 1.29 bits per heavy atom. The highest BCUT2D eigenvalue weighted by Crippen LogP contribution is 2.43. The lowest BCUT2D eigenvalue weighted by Crippen LogP contribution is -2.42. The zero-order chi connectivity index (χ0) is 11.9. The first-order chi connectivity index (χ1) is 8.25. The lowest BCUT2D eigenvalue weighted by atomic mass is 9.68. The van der Waals surface area contributed by atoms with E-state index in [1.54, 1.807) is 0 Å². The molecule has 0 spiro atoms. The van der Waals surface area contributed by atoms with Crippen molar-refractivity contribution in [2.75, 3.05) is 6.54 Å². The highest BCUT2D eigenvalue weighted by Gasteiger charge is 2.40. The van der Waals surface area contributed by atoms with Crippen LogP contribution in [0.25, 0.3) is 0 Å². The second-order valence-corrected chi connectivity index (χ2v) is 5.92. The smallest absolute Gasteiger partial charge is 0.114 e. The molecular formula is C14H23N3. The maximum atomic E-state index is 5.95. The van der Waals surface area contributed by atoms with Gasteiger partial charge in [0.05, 0.1) is 5.69 Å². The first-order valence-corrected chi connectivity index (χ1v) is 7.02. The molecule has 2 fully saturated rings. The van der Waals surface area contributed by atoms with E-state index < -0.39 is 0 Å². The minimum Gasteiger partial charge on any atom is -0.345 e. The molecule has 2 aliphatic carbocycles. The standard InChI is InChI=1S/C14H23N3/c1-10-12(11-5-2-3-6-11)17-13(16-10)14(9-15)7-4-8-14/h11H,2-9,15H2,1H3,(H,16,17). The van der Waals surface area contributed by atoms with E-state index in [0.29, 0.717) is 5.92 Å². The molecule has 0 radical (unpaired) electrons. The molecule has 0 aliphatic heterocycles. The SMILES string of the molecule is Cc1[nH]c(C2(CN)CCC2)nc1C1CCCC1. The summed E-state index contributed by atoms with van der Waals surface area (Å²) in [7, 11) is 0. The second kappa shape index (κ2) is 4.13. The lowest BCUT2D eigenvalue weighted by Gasteiger charge is -2.39. The summed E-state index contributed by atoms with van der Waals surface area (Å²) in [6.45, 7) is 2.91. The van der Waals surface area contributed by atoms with Gasteiger partial charge in [0.15, 0.2) is 0 Å². The number of nitrogens with zero attached hydrogens (tertiary/aromatic N) is 1. The number of aromatic nitrogens is 2. The average molecular weight is 233 g/mol. The summed E-state index contributed by atoms with van der Waals surface area (Å²) in [5.74, 6) is 1.88. The number of H-pyrrole nitrogens is 1. The third kappa shape index (κ3) is 1.71. The van der Waals surface area contributed by atoms with Crippen molar-refractivity contribution >= 4 is 0 Å². The second-order valence-electron chi connectivity index (χ2n) is 5.92. The van der Waals surface area contributed by atoms with E-state index in [-0.39, 0.29) is 5.41 Å². The van der Waals surface area contributed by atoms with E-state index in [2.05, 4.69) is 11.9 Å². The molecule has 0 bridgehead atoms. The van der Waals surface area contributed by atoms with Crippen molar-refractivity contribution < 1.29 is 0 Å². The van der Waals surface area contributed by atoms with Gasteiger partial charge in [0.25, 0.3) is 0 Å². The molecule has 94 valence electrons. The molecule has 1 aromatic rings. The van der Waals surface area contributed by atoms with Crippen LogP contribution in [0.5, 0.6) is 0 Å². The highest BCUT2D eigenvalue weighted by atomic mass is 15.0. The van der Waals surface area contributed by atoms with Crippen molar-refractivity contribution in [3.63, 3.8) is 0 Å². The normalized spacial score (nSPS) is 23.9. The Kier molecular flexibility index (Phi) is 2.74. The topological polar surface area (TPSA) is 54.7 Å². The Balaban J connectivity index is 1.89. The van der Waals surface area contributed by atoms with Crippen LogP contribution in [-0.4, -0.2) is 16.5 Å². The van der Waals surface area contributed by atoms with Crippen LogP contribution in [-0.2, 0) is 5.41 Å². The molecule has 2 saturated carbocycles. The van der Waals surface area contributed by atoms with Crippen LogP contribution in [0.1, 0.15) is 68.1 Å². The van der Waals surface area contributed by atoms with E-state index in [9.17, 15) is 0 Å². The minimum absolute atomic E-state index is 0.182. The number of nitrogens with two attached hydrogens (primary N) is 1. The fraction of sp³-hybridized carbons (Fsp3) is 0.786. The molecule has 0 unspecified atom stereocenters. The van der Waals surface area contributed by atoms with Gasteiger partial charge in [-0.3, -0.25) is 0 Å². The zero-order valence-corrected chi connectivity index (χ0v) is 10.8. The Bertz CT molecular complexity index is 392. The van der Waals surface area contributed by atoms with Crippen LogP contribution in [0.2, 0.25) is 0 Å². The van der Waals surface area contributed by atoms with Crippen molar-refractivity contribution in [2.24, 2.45) is 5.73 Å². The van der Waals surface area contributed by atoms with Crippen molar-refractivity contribution in [1.29, 1.82) is 0 Å². The lowest BCUT2D eigenvalue weighted by molar-refractivity contribution is 0.239. The molecule has 0 amide bonds. The van der Waals surface area contributed by atoms with E-state index in [4.69, 9.17) is 10.7 Å². The van der Waals surface area contributed by atoms with Gasteiger partial charge in [-0.25, -0.2) is 4.98 Å². The largest absolute Gasteiger partial charge is 0.345 e. The third-order valence-corrected chi connectivity index (χ3v) is 4.87. The molecule has 0 atom stereocenters. The minimum atomic E-state index is 0.182. The zero-order valence-electron chi connectivity index (χ0n) is 10.8. The summed E-state index contributed by atoms with van der Waals surface area (Å²) in [5, 5.41) is 0. The van der Waals surface area contributed by atoms with Gasteiger partial charge < -0.3 is 10.7 Å². The maximum Gasteiger partial charge on any atom is 0.114 e. The Labute approximate surface area is 103 Å². The Morgan fingerprint density at radius 2 is 2.00 bits per heavy atom. The number of hydrogen-bond donors (Lipinski definition) is 2. The van der Waals surface area contributed by atoms with E-state index in [1.807, 2.05) is 0 Å². The highest BCUT2D eigenvalue weighted by molar-refractivity contribution is 5.25. The van der Waals surface area contributed by atoms with Gasteiger partial charge in [-0.2, -0.15) is 0 Å². The van der Waals surface area contributed by atoms with Crippen LogP contribution >= 0.6 is 0 Å². The van der Waals surface area contributed by atoms with Crippen molar-refractivity contribution in [3.05, 3.63) is 17.2 Å². The van der Waals surface area contributed by atoms with Gasteiger partial charge in [-0.05, 0) is 32.6 Å². The molecule has 3 rings (SSSR count). The molecule has 0 saturated heterocycles. The van der Waals surface area contributed by atoms with Crippen molar-refractivity contribution in [3.8, 4) is 0 Å². The van der Waals surface area contributed by atoms with E-state index in [0.717, 1.165) is 6.54 Å². The first-order valence-electron chi connectivity index (χ1n) is 7.02. The Hall–Kier alpha value is -0.830. The average Bonchev–Trinajstić information content (AvgIpc) is 2.86. The summed E-state index contributed by atoms with van der Waals surface area (Å²) < 4.78 is 0. The van der Waals surface area contributed by atoms with Crippen LogP contribution in [0.15, 0.2) is 0 Å². The fourth-order valence-electron chi connectivity index (χ4n) is 3.46. The molecule has 1 aromatic heterocycles. The van der Waals surface area contributed by atoms with Gasteiger partial charge in [0.2, 0.25) is 0 Å². The number of hydrogen-bond acceptors (Lipinski definition) is 2. The first kappa shape index (κ1) is 11.3. The van der Waals surface area contributed by atoms with E-state index >= 15 is 0 Å². The Morgan fingerprint density at radius 3 is 2.53 bits per heavy atom. The summed E-state index contributed by atoms with van der Waals surface area (Å²) in [6.07, 6.45) is 9.10. The number of aromatic amines is 1. The van der Waals surface area contributed by atoms with Gasteiger partial charge in [-0.1, -0.05) is 19.3 Å². The van der Waals surface area contributed by atoms with E-state index in [1.165, 1.54) is 62.2 Å². The summed E-state index contributed by atoms with van der Waals surface area (Å²) in [6, 6.07) is 0. The molecule has 3 heteroatoms. The van der Waals surface area contributed by atoms with Gasteiger partial charge in [-0.15, -0.1) is 0 Å². The van der Waals surface area contributed by atoms with Crippen LogP contribution in [0, 0.1) is 6.92 Å². The van der Waals surface area contributed by atoms with Crippen molar-refractivity contribution in [2.45, 2.75) is 63.2 Å². The number of imidazole rings is 1. The van der Waals surface area contributed by atoms with Gasteiger partial charge >= 0.3 is 0 Å². The summed E-state index contributed by atoms with van der Waals surface area (Å²) >= 11 is 0. The maximum absolute atomic E-state index is 5.95. The number of nitrogens with one attached hydrogen (secondary N) is 1. The van der Waals surface area contributed by atoms with Crippen LogP contribution in [0.3, 0.4) is 0 Å². The monoisotopic (exact) mass is 233 g/mol. The summed E-state index contributed by atoms with van der Waals surface area (Å²) in [5.41, 5.74) is 8.75. The number of aryl methyl sites for hydroxylation is 1. The quantitative estimate of drug-likeness (QED) is 0.843. The molecule has 0 aromatic carbocycles. The molecule has 17 heavy (non-hydrogen) atoms. The molecule has 2 aliphatic rings. The van der Waals surface area contributed by atoms with Gasteiger partial charge in [0, 0.05) is 23.6 Å². The predicted octanol–water partition coefficient (Wildman–Crippen LogP) is 2.76. The summed E-state index contributed by atoms with van der Waals surface area (Å²) in [4.78, 5) is 8.45. The number of rotatable bonds is 3. The van der Waals surface area contributed by atoms with Gasteiger partial charge in [0.1, 0.15) is 5.82 Å². The van der Waals surface area contributed by atoms with Crippen LogP contribution < -0.4 is 5.73 Å². The fourth-order valence-corrected chi connectivity index (χ4v) is 3.46. The molecule has 3 nitrogen and oxygen atoms in total. The predicted molar refractivity (Wildman–Crippen MR) is 69.1 cm³/mol. The van der Waals surface area contributed by atoms with Crippen LogP contribution in [0.4, 0.5) is 0 Å². The molecular weight excluding hydrogens is 210 g/mol.